The molecule has 0 unspecified atom stereocenters. The molecular weight excluding hydrogens is 452 g/mol. The van der Waals surface area contributed by atoms with Crippen molar-refractivity contribution in [2.45, 2.75) is 32.4 Å². The van der Waals surface area contributed by atoms with Crippen LogP contribution in [0.2, 0.25) is 0 Å². The summed E-state index contributed by atoms with van der Waals surface area (Å²) in [7, 11) is 0. The molecule has 0 radical (unpaired) electrons. The lowest BCUT2D eigenvalue weighted by atomic mass is 9.98. The maximum atomic E-state index is 13.3. The number of benzene rings is 2. The van der Waals surface area contributed by atoms with E-state index in [2.05, 4.69) is 58.8 Å². The zero-order valence-electron chi connectivity index (χ0n) is 20.4. The lowest BCUT2D eigenvalue weighted by Gasteiger charge is -2.21. The Labute approximate surface area is 210 Å². The van der Waals surface area contributed by atoms with Crippen molar-refractivity contribution < 1.29 is 9.59 Å². The Hall–Kier alpha value is -4.30. The lowest BCUT2D eigenvalue weighted by Crippen LogP contribution is -2.35. The fourth-order valence-electron chi connectivity index (χ4n) is 3.91. The number of rotatable bonds is 10. The van der Waals surface area contributed by atoms with Crippen LogP contribution in [0, 0.1) is 6.92 Å². The van der Waals surface area contributed by atoms with Gasteiger partial charge < -0.3 is 16.4 Å². The van der Waals surface area contributed by atoms with Crippen molar-refractivity contribution >= 4 is 17.6 Å². The molecule has 0 bridgehead atoms. The monoisotopic (exact) mass is 482 g/mol. The van der Waals surface area contributed by atoms with Crippen LogP contribution in [-0.2, 0) is 16.1 Å². The first-order valence-electron chi connectivity index (χ1n) is 11.8. The Morgan fingerprint density at radius 2 is 1.69 bits per heavy atom. The van der Waals surface area contributed by atoms with Gasteiger partial charge in [-0.15, -0.1) is 0 Å². The molecule has 184 valence electrons. The molecule has 0 fully saturated rings. The molecule has 0 aliphatic carbocycles. The number of carbonyl (C=O) groups excluding carboxylic acids is 2. The highest BCUT2D eigenvalue weighted by atomic mass is 16.2. The van der Waals surface area contributed by atoms with Crippen LogP contribution in [0.15, 0.2) is 85.3 Å². The van der Waals surface area contributed by atoms with Crippen LogP contribution in [0.3, 0.4) is 0 Å². The second kappa shape index (κ2) is 11.4. The third-order valence-corrected chi connectivity index (χ3v) is 5.97. The first kappa shape index (κ1) is 24.8. The SMILES string of the molecule is Cc1ccc([C@H](C)CN[C@H](C(=O)Nc2ccc(-c3cnn(CC(N)=O)c3)cn2)c2ccccc2)cc1. The highest BCUT2D eigenvalue weighted by Gasteiger charge is 2.22. The summed E-state index contributed by atoms with van der Waals surface area (Å²) in [5, 5.41) is 10.5. The molecule has 2 aromatic carbocycles. The van der Waals surface area contributed by atoms with E-state index in [4.69, 9.17) is 5.73 Å². The van der Waals surface area contributed by atoms with Gasteiger partial charge in [0.2, 0.25) is 11.8 Å². The molecule has 2 amide bonds. The van der Waals surface area contributed by atoms with Gasteiger partial charge in [-0.1, -0.05) is 67.1 Å². The maximum absolute atomic E-state index is 13.3. The number of hydrogen-bond donors (Lipinski definition) is 3. The second-order valence-corrected chi connectivity index (χ2v) is 8.88. The minimum Gasteiger partial charge on any atom is -0.368 e. The summed E-state index contributed by atoms with van der Waals surface area (Å²) >= 11 is 0. The zero-order chi connectivity index (χ0) is 25.5. The minimum atomic E-state index is -0.535. The van der Waals surface area contributed by atoms with Crippen LogP contribution in [0.1, 0.15) is 35.6 Å². The Bertz CT molecular complexity index is 1300. The standard InChI is InChI=1S/C28H30N6O2/c1-19-8-10-21(11-9-19)20(2)14-31-27(22-6-4-3-5-7-22)28(36)33-26-13-12-23(15-30-26)24-16-32-34(17-24)18-25(29)35/h3-13,15-17,20,27,31H,14,18H2,1-2H3,(H2,29,35)(H,30,33,36)/t20-,27+/m1/s1. The van der Waals surface area contributed by atoms with Gasteiger partial charge in [-0.05, 0) is 36.1 Å². The van der Waals surface area contributed by atoms with Crippen LogP contribution >= 0.6 is 0 Å². The summed E-state index contributed by atoms with van der Waals surface area (Å²) < 4.78 is 1.47. The van der Waals surface area contributed by atoms with Crippen LogP contribution in [0.4, 0.5) is 5.82 Å². The van der Waals surface area contributed by atoms with Gasteiger partial charge in [0, 0.05) is 30.1 Å². The quantitative estimate of drug-likeness (QED) is 0.318. The molecule has 8 nitrogen and oxygen atoms in total. The molecule has 2 aromatic heterocycles. The molecule has 0 saturated carbocycles. The molecule has 8 heteroatoms. The van der Waals surface area contributed by atoms with E-state index < -0.39 is 11.9 Å². The van der Waals surface area contributed by atoms with Gasteiger partial charge in [0.25, 0.3) is 0 Å². The third kappa shape index (κ3) is 6.43. The van der Waals surface area contributed by atoms with Crippen molar-refractivity contribution in [3.8, 4) is 11.1 Å². The van der Waals surface area contributed by atoms with Crippen molar-refractivity contribution in [3.63, 3.8) is 0 Å². The fraction of sp³-hybridized carbons (Fsp3) is 0.214. The fourth-order valence-corrected chi connectivity index (χ4v) is 3.91. The number of hydrogen-bond acceptors (Lipinski definition) is 5. The third-order valence-electron chi connectivity index (χ3n) is 5.97. The Morgan fingerprint density at radius 1 is 0.944 bits per heavy atom. The Morgan fingerprint density at radius 3 is 2.36 bits per heavy atom. The molecule has 0 aliphatic rings. The molecule has 4 N–H and O–H groups in total. The summed E-state index contributed by atoms with van der Waals surface area (Å²) in [4.78, 5) is 28.8. The van der Waals surface area contributed by atoms with Gasteiger partial charge in [0.05, 0.1) is 6.20 Å². The summed E-state index contributed by atoms with van der Waals surface area (Å²) in [6.07, 6.45) is 5.03. The smallest absolute Gasteiger partial charge is 0.247 e. The highest BCUT2D eigenvalue weighted by Crippen LogP contribution is 2.21. The van der Waals surface area contributed by atoms with E-state index in [0.29, 0.717) is 12.4 Å². The number of primary amides is 1. The van der Waals surface area contributed by atoms with E-state index in [1.165, 1.54) is 15.8 Å². The van der Waals surface area contributed by atoms with Gasteiger partial charge in [0.1, 0.15) is 18.4 Å². The van der Waals surface area contributed by atoms with Crippen LogP contribution < -0.4 is 16.4 Å². The number of nitrogens with two attached hydrogens (primary N) is 1. The van der Waals surface area contributed by atoms with Crippen molar-refractivity contribution in [3.05, 3.63) is 102 Å². The topological polar surface area (TPSA) is 115 Å². The number of anilines is 1. The van der Waals surface area contributed by atoms with E-state index in [1.807, 2.05) is 36.4 Å². The summed E-state index contributed by atoms with van der Waals surface area (Å²) in [5.41, 5.74) is 10.2. The predicted molar refractivity (Wildman–Crippen MR) is 140 cm³/mol. The second-order valence-electron chi connectivity index (χ2n) is 8.88. The number of aromatic nitrogens is 3. The van der Waals surface area contributed by atoms with Crippen LogP contribution in [-0.4, -0.2) is 33.1 Å². The van der Waals surface area contributed by atoms with E-state index in [0.717, 1.165) is 16.7 Å². The number of nitrogens with one attached hydrogen (secondary N) is 2. The van der Waals surface area contributed by atoms with Crippen LogP contribution in [0.25, 0.3) is 11.1 Å². The van der Waals surface area contributed by atoms with Crippen molar-refractivity contribution in [1.29, 1.82) is 0 Å². The number of aryl methyl sites for hydroxylation is 1. The minimum absolute atomic E-state index is 0.0119. The molecular formula is C28H30N6O2. The number of amides is 2. The molecule has 4 rings (SSSR count). The molecule has 0 saturated heterocycles. The van der Waals surface area contributed by atoms with Crippen molar-refractivity contribution in [2.24, 2.45) is 5.73 Å². The summed E-state index contributed by atoms with van der Waals surface area (Å²) in [5.74, 6) is 0.0302. The maximum Gasteiger partial charge on any atom is 0.247 e. The lowest BCUT2D eigenvalue weighted by molar-refractivity contribution is -0.119. The number of nitrogens with zero attached hydrogens (tertiary/aromatic N) is 3. The van der Waals surface area contributed by atoms with Gasteiger partial charge in [-0.2, -0.15) is 5.10 Å². The molecule has 2 heterocycles. The van der Waals surface area contributed by atoms with Crippen molar-refractivity contribution in [2.75, 3.05) is 11.9 Å². The molecule has 4 aromatic rings. The molecule has 0 spiro atoms. The zero-order valence-corrected chi connectivity index (χ0v) is 20.4. The molecule has 0 aliphatic heterocycles. The van der Waals surface area contributed by atoms with E-state index in [1.54, 1.807) is 24.7 Å². The van der Waals surface area contributed by atoms with Gasteiger partial charge in [-0.3, -0.25) is 14.3 Å². The van der Waals surface area contributed by atoms with Gasteiger partial charge in [-0.25, -0.2) is 4.98 Å². The molecule has 36 heavy (non-hydrogen) atoms. The van der Waals surface area contributed by atoms with Crippen LogP contribution in [0.5, 0.6) is 0 Å². The molecule has 2 atom stereocenters. The Kier molecular flexibility index (Phi) is 7.87. The Balaban J connectivity index is 1.44. The number of pyridine rings is 1. The predicted octanol–water partition coefficient (Wildman–Crippen LogP) is 3.81. The van der Waals surface area contributed by atoms with Gasteiger partial charge in [0.15, 0.2) is 0 Å². The summed E-state index contributed by atoms with van der Waals surface area (Å²) in [6, 6.07) is 21.2. The largest absolute Gasteiger partial charge is 0.368 e. The highest BCUT2D eigenvalue weighted by molar-refractivity contribution is 5.95. The first-order valence-corrected chi connectivity index (χ1v) is 11.8. The normalized spacial score (nSPS) is 12.6. The van der Waals surface area contributed by atoms with Crippen molar-refractivity contribution in [1.82, 2.24) is 20.1 Å². The van der Waals surface area contributed by atoms with E-state index in [-0.39, 0.29) is 18.4 Å². The van der Waals surface area contributed by atoms with Gasteiger partial charge >= 0.3 is 0 Å². The van der Waals surface area contributed by atoms with E-state index >= 15 is 0 Å². The summed E-state index contributed by atoms with van der Waals surface area (Å²) in [6.45, 7) is 4.86. The average Bonchev–Trinajstić information content (AvgIpc) is 3.33. The average molecular weight is 483 g/mol. The number of carbonyl (C=O) groups is 2. The van der Waals surface area contributed by atoms with E-state index in [9.17, 15) is 9.59 Å². The first-order chi connectivity index (χ1) is 17.4.